The molecule has 3 rings (SSSR count). The van der Waals surface area contributed by atoms with Gasteiger partial charge in [-0.15, -0.1) is 11.3 Å². The molecule has 1 aliphatic heterocycles. The van der Waals surface area contributed by atoms with Crippen LogP contribution in [0.2, 0.25) is 0 Å². The van der Waals surface area contributed by atoms with Gasteiger partial charge in [-0.3, -0.25) is 9.59 Å². The number of aromatic nitrogens is 1. The maximum atomic E-state index is 12.6. The first kappa shape index (κ1) is 22.1. The molecule has 2 aromatic rings. The molecule has 1 saturated heterocycles. The fraction of sp³-hybridized carbons (Fsp3) is 0.500. The minimum atomic E-state index is -0.435. The molecule has 1 aliphatic rings. The highest BCUT2D eigenvalue weighted by atomic mass is 32.1. The quantitative estimate of drug-likeness (QED) is 0.636. The summed E-state index contributed by atoms with van der Waals surface area (Å²) in [7, 11) is 3.20. The van der Waals surface area contributed by atoms with Gasteiger partial charge in [-0.25, -0.2) is 4.98 Å². The number of amides is 2. The van der Waals surface area contributed by atoms with Crippen LogP contribution in [0.3, 0.4) is 0 Å². The monoisotopic (exact) mass is 431 g/mol. The normalized spacial score (nSPS) is 19.3. The summed E-state index contributed by atoms with van der Waals surface area (Å²) in [5, 5.41) is 9.02. The highest BCUT2D eigenvalue weighted by molar-refractivity contribution is 7.09. The number of hydrogen-bond acceptors (Lipinski definition) is 6. The van der Waals surface area contributed by atoms with Crippen LogP contribution in [0.5, 0.6) is 11.5 Å². The molecule has 0 spiro atoms. The van der Waals surface area contributed by atoms with Gasteiger partial charge in [-0.05, 0) is 50.8 Å². The zero-order valence-corrected chi connectivity index (χ0v) is 18.7. The lowest BCUT2D eigenvalue weighted by Crippen LogP contribution is -2.44. The number of carbonyl (C=O) groups excluding carboxylic acids is 2. The molecule has 2 N–H and O–H groups in total. The van der Waals surface area contributed by atoms with Crippen molar-refractivity contribution in [1.29, 1.82) is 0 Å². The van der Waals surface area contributed by atoms with E-state index < -0.39 is 5.54 Å². The van der Waals surface area contributed by atoms with Crippen LogP contribution in [0, 0.1) is 6.92 Å². The average molecular weight is 432 g/mol. The number of benzene rings is 1. The van der Waals surface area contributed by atoms with Crippen LogP contribution < -0.4 is 20.1 Å². The van der Waals surface area contributed by atoms with Gasteiger partial charge < -0.3 is 20.1 Å². The van der Waals surface area contributed by atoms with Gasteiger partial charge in [0.2, 0.25) is 11.8 Å². The first-order valence-electron chi connectivity index (χ1n) is 10.1. The Morgan fingerprint density at radius 1 is 1.33 bits per heavy atom. The van der Waals surface area contributed by atoms with Crippen molar-refractivity contribution in [1.82, 2.24) is 15.6 Å². The Hall–Kier alpha value is -2.61. The van der Waals surface area contributed by atoms with Crippen LogP contribution in [0.15, 0.2) is 23.6 Å². The van der Waals surface area contributed by atoms with Crippen molar-refractivity contribution in [2.24, 2.45) is 0 Å². The van der Waals surface area contributed by atoms with Gasteiger partial charge in [0.05, 0.1) is 20.3 Å². The van der Waals surface area contributed by atoms with Crippen LogP contribution in [-0.4, -0.2) is 36.6 Å². The summed E-state index contributed by atoms with van der Waals surface area (Å²) in [5.41, 5.74) is 1.55. The van der Waals surface area contributed by atoms with Crippen molar-refractivity contribution in [3.63, 3.8) is 0 Å². The molecule has 2 atom stereocenters. The molecule has 2 heterocycles. The van der Waals surface area contributed by atoms with Gasteiger partial charge in [0.15, 0.2) is 11.5 Å². The van der Waals surface area contributed by atoms with Gasteiger partial charge in [0, 0.05) is 29.5 Å². The number of carbonyl (C=O) groups is 2. The third-order valence-corrected chi connectivity index (χ3v) is 6.59. The fourth-order valence-electron chi connectivity index (χ4n) is 3.86. The first-order valence-corrected chi connectivity index (χ1v) is 11.0. The molecule has 8 heteroatoms. The zero-order valence-electron chi connectivity index (χ0n) is 17.9. The lowest BCUT2D eigenvalue weighted by Gasteiger charge is -2.30. The molecular formula is C22H29N3O4S. The summed E-state index contributed by atoms with van der Waals surface area (Å²) in [4.78, 5) is 29.0. The standard InChI is InChI=1S/C22H29N3O4S/c1-14-13-30-21(23-14)15(2)24-19(26)7-9-22(10-8-20(27)25-22)12-16-5-6-17(28-3)18(11-16)29-4/h5-6,11,13,15H,7-10,12H2,1-4H3,(H,24,26)(H,25,27). The number of thiazole rings is 1. The Balaban J connectivity index is 1.65. The van der Waals surface area contributed by atoms with E-state index in [0.717, 1.165) is 16.3 Å². The molecular weight excluding hydrogens is 402 g/mol. The number of ether oxygens (including phenoxy) is 2. The fourth-order valence-corrected chi connectivity index (χ4v) is 4.67. The molecule has 0 radical (unpaired) electrons. The smallest absolute Gasteiger partial charge is 0.220 e. The van der Waals surface area contributed by atoms with Gasteiger partial charge in [-0.1, -0.05) is 6.07 Å². The molecule has 0 bridgehead atoms. The largest absolute Gasteiger partial charge is 0.493 e. The molecule has 1 aromatic carbocycles. The Kier molecular flexibility index (Phi) is 6.97. The Labute approximate surface area is 181 Å². The van der Waals surface area contributed by atoms with E-state index in [1.807, 2.05) is 37.4 Å². The highest BCUT2D eigenvalue weighted by Gasteiger charge is 2.38. The van der Waals surface area contributed by atoms with E-state index in [2.05, 4.69) is 15.6 Å². The number of rotatable bonds is 9. The summed E-state index contributed by atoms with van der Waals surface area (Å²) in [6, 6.07) is 5.64. The number of nitrogens with zero attached hydrogens (tertiary/aromatic N) is 1. The van der Waals surface area contributed by atoms with Crippen LogP contribution in [0.4, 0.5) is 0 Å². The van der Waals surface area contributed by atoms with Gasteiger partial charge in [-0.2, -0.15) is 0 Å². The van der Waals surface area contributed by atoms with Crippen molar-refractivity contribution in [2.75, 3.05) is 14.2 Å². The van der Waals surface area contributed by atoms with Crippen LogP contribution in [-0.2, 0) is 16.0 Å². The van der Waals surface area contributed by atoms with E-state index in [1.165, 1.54) is 0 Å². The van der Waals surface area contributed by atoms with Crippen molar-refractivity contribution in [2.45, 2.75) is 57.5 Å². The molecule has 1 aromatic heterocycles. The Morgan fingerprint density at radius 3 is 2.70 bits per heavy atom. The lowest BCUT2D eigenvalue weighted by molar-refractivity contribution is -0.123. The van der Waals surface area contributed by atoms with Crippen molar-refractivity contribution in [3.8, 4) is 11.5 Å². The van der Waals surface area contributed by atoms with Crippen LogP contribution in [0.1, 0.15) is 54.9 Å². The van der Waals surface area contributed by atoms with E-state index in [4.69, 9.17) is 9.47 Å². The summed E-state index contributed by atoms with van der Waals surface area (Å²) < 4.78 is 10.7. The second-order valence-corrected chi connectivity index (χ2v) is 8.70. The molecule has 0 saturated carbocycles. The predicted octanol–water partition coefficient (Wildman–Crippen LogP) is 3.32. The van der Waals surface area contributed by atoms with Crippen LogP contribution >= 0.6 is 11.3 Å². The topological polar surface area (TPSA) is 89.5 Å². The summed E-state index contributed by atoms with van der Waals surface area (Å²) in [6.07, 6.45) is 2.72. The Bertz CT molecular complexity index is 914. The maximum absolute atomic E-state index is 12.6. The van der Waals surface area contributed by atoms with Crippen LogP contribution in [0.25, 0.3) is 0 Å². The molecule has 2 amide bonds. The van der Waals surface area contributed by atoms with E-state index >= 15 is 0 Å². The van der Waals surface area contributed by atoms with E-state index in [1.54, 1.807) is 25.6 Å². The third kappa shape index (κ3) is 5.30. The summed E-state index contributed by atoms with van der Waals surface area (Å²) >= 11 is 1.55. The molecule has 2 unspecified atom stereocenters. The lowest BCUT2D eigenvalue weighted by atomic mass is 9.84. The highest BCUT2D eigenvalue weighted by Crippen LogP contribution is 2.33. The SMILES string of the molecule is COc1ccc(CC2(CCC(=O)NC(C)c3nc(C)cs3)CCC(=O)N2)cc1OC. The number of nitrogens with one attached hydrogen (secondary N) is 2. The summed E-state index contributed by atoms with van der Waals surface area (Å²) in [6.45, 7) is 3.88. The maximum Gasteiger partial charge on any atom is 0.220 e. The number of methoxy groups -OCH3 is 2. The average Bonchev–Trinajstić information content (AvgIpc) is 3.32. The van der Waals surface area contributed by atoms with Crippen molar-refractivity contribution in [3.05, 3.63) is 39.8 Å². The second kappa shape index (κ2) is 9.47. The van der Waals surface area contributed by atoms with E-state index in [0.29, 0.717) is 43.6 Å². The third-order valence-electron chi connectivity index (χ3n) is 5.44. The van der Waals surface area contributed by atoms with E-state index in [-0.39, 0.29) is 17.9 Å². The van der Waals surface area contributed by atoms with Crippen molar-refractivity contribution < 1.29 is 19.1 Å². The summed E-state index contributed by atoms with van der Waals surface area (Å²) in [5.74, 6) is 1.31. The molecule has 1 fully saturated rings. The first-order chi connectivity index (χ1) is 14.3. The van der Waals surface area contributed by atoms with Gasteiger partial charge in [0.25, 0.3) is 0 Å². The molecule has 7 nitrogen and oxygen atoms in total. The zero-order chi connectivity index (χ0) is 21.7. The molecule has 30 heavy (non-hydrogen) atoms. The predicted molar refractivity (Wildman–Crippen MR) is 116 cm³/mol. The minimum Gasteiger partial charge on any atom is -0.493 e. The molecule has 162 valence electrons. The molecule has 0 aliphatic carbocycles. The minimum absolute atomic E-state index is 0.0301. The Morgan fingerprint density at radius 2 is 2.10 bits per heavy atom. The van der Waals surface area contributed by atoms with Gasteiger partial charge >= 0.3 is 0 Å². The second-order valence-electron chi connectivity index (χ2n) is 7.81. The van der Waals surface area contributed by atoms with Crippen molar-refractivity contribution >= 4 is 23.2 Å². The number of aryl methyl sites for hydroxylation is 1. The van der Waals surface area contributed by atoms with E-state index in [9.17, 15) is 9.59 Å². The number of hydrogen-bond donors (Lipinski definition) is 2. The van der Waals surface area contributed by atoms with Gasteiger partial charge in [0.1, 0.15) is 5.01 Å².